The second kappa shape index (κ2) is 11.3. The fourth-order valence-electron chi connectivity index (χ4n) is 4.62. The molecule has 3 aromatic rings. The Balaban J connectivity index is 1.52. The van der Waals surface area contributed by atoms with Crippen LogP contribution in [0.2, 0.25) is 0 Å². The Labute approximate surface area is 202 Å². The summed E-state index contributed by atoms with van der Waals surface area (Å²) in [7, 11) is 0. The summed E-state index contributed by atoms with van der Waals surface area (Å²) in [6.07, 6.45) is 7.00. The van der Waals surface area contributed by atoms with E-state index in [0.29, 0.717) is 0 Å². The SMILES string of the molecule is CCC(NC(=O)/C(C#N)=C\NC(c1ccccc1)c1ccccc1)c1ccc2c(c1)CCCC2. The molecule has 1 unspecified atom stereocenters. The first-order chi connectivity index (χ1) is 16.7. The lowest BCUT2D eigenvalue weighted by Crippen LogP contribution is -2.30. The van der Waals surface area contributed by atoms with E-state index in [2.05, 4.69) is 41.8 Å². The lowest BCUT2D eigenvalue weighted by molar-refractivity contribution is -0.117. The smallest absolute Gasteiger partial charge is 0.263 e. The molecule has 0 heterocycles. The molecule has 1 atom stereocenters. The summed E-state index contributed by atoms with van der Waals surface area (Å²) in [4.78, 5) is 13.0. The van der Waals surface area contributed by atoms with Gasteiger partial charge in [-0.15, -0.1) is 0 Å². The maximum absolute atomic E-state index is 13.0. The molecule has 4 heteroatoms. The molecule has 4 rings (SSSR count). The molecule has 0 aliphatic heterocycles. The number of carbonyl (C=O) groups is 1. The molecule has 0 fully saturated rings. The summed E-state index contributed by atoms with van der Waals surface area (Å²) >= 11 is 0. The van der Waals surface area contributed by atoms with Crippen molar-refractivity contribution in [1.82, 2.24) is 10.6 Å². The van der Waals surface area contributed by atoms with E-state index in [4.69, 9.17) is 0 Å². The van der Waals surface area contributed by atoms with Crippen molar-refractivity contribution in [3.05, 3.63) is 118 Å². The zero-order valence-electron chi connectivity index (χ0n) is 19.6. The molecule has 0 aromatic heterocycles. The summed E-state index contributed by atoms with van der Waals surface area (Å²) in [6, 6.07) is 28.4. The number of nitrogens with one attached hydrogen (secondary N) is 2. The fourth-order valence-corrected chi connectivity index (χ4v) is 4.62. The molecule has 3 aromatic carbocycles. The average Bonchev–Trinajstić information content (AvgIpc) is 2.90. The van der Waals surface area contributed by atoms with Gasteiger partial charge in [-0.05, 0) is 59.9 Å². The predicted molar refractivity (Wildman–Crippen MR) is 136 cm³/mol. The van der Waals surface area contributed by atoms with Gasteiger partial charge in [0.05, 0.1) is 12.1 Å². The Morgan fingerprint density at radius 1 is 0.912 bits per heavy atom. The summed E-state index contributed by atoms with van der Waals surface area (Å²) < 4.78 is 0. The van der Waals surface area contributed by atoms with E-state index in [0.717, 1.165) is 36.0 Å². The largest absolute Gasteiger partial charge is 0.379 e. The van der Waals surface area contributed by atoms with Crippen molar-refractivity contribution in [1.29, 1.82) is 5.26 Å². The number of rotatable bonds is 8. The highest BCUT2D eigenvalue weighted by Gasteiger charge is 2.19. The zero-order valence-corrected chi connectivity index (χ0v) is 19.6. The minimum atomic E-state index is -0.362. The summed E-state index contributed by atoms with van der Waals surface area (Å²) in [5.74, 6) is -0.362. The van der Waals surface area contributed by atoms with Crippen LogP contribution in [-0.2, 0) is 17.6 Å². The molecule has 172 valence electrons. The van der Waals surface area contributed by atoms with Gasteiger partial charge in [-0.25, -0.2) is 0 Å². The van der Waals surface area contributed by atoms with Crippen LogP contribution in [0.4, 0.5) is 0 Å². The van der Waals surface area contributed by atoms with Gasteiger partial charge in [0.2, 0.25) is 0 Å². The molecule has 1 aliphatic rings. The van der Waals surface area contributed by atoms with E-state index in [1.807, 2.05) is 60.7 Å². The quantitative estimate of drug-likeness (QED) is 0.331. The van der Waals surface area contributed by atoms with Crippen molar-refractivity contribution < 1.29 is 4.79 Å². The molecule has 0 spiro atoms. The standard InChI is InChI=1S/C30H31N3O/c1-2-28(26-18-17-22-11-9-10-16-25(22)19-26)33-30(34)27(20-31)21-32-29(23-12-5-3-6-13-23)24-14-7-4-8-15-24/h3-8,12-15,17-19,21,28-29,32H,2,9-11,16H2,1H3,(H,33,34)/b27-21-. The molecule has 34 heavy (non-hydrogen) atoms. The lowest BCUT2D eigenvalue weighted by Gasteiger charge is -2.22. The Kier molecular flexibility index (Phi) is 7.78. The van der Waals surface area contributed by atoms with Gasteiger partial charge in [0.1, 0.15) is 11.6 Å². The number of hydrogen-bond acceptors (Lipinski definition) is 3. The van der Waals surface area contributed by atoms with Gasteiger partial charge in [0.15, 0.2) is 0 Å². The number of amides is 1. The molecule has 0 radical (unpaired) electrons. The van der Waals surface area contributed by atoms with Crippen molar-refractivity contribution in [2.75, 3.05) is 0 Å². The molecule has 1 amide bonds. The third-order valence-electron chi connectivity index (χ3n) is 6.51. The van der Waals surface area contributed by atoms with Gasteiger partial charge in [-0.1, -0.05) is 85.8 Å². The molecule has 0 saturated carbocycles. The molecular formula is C30H31N3O. The normalized spacial score (nSPS) is 14.1. The maximum atomic E-state index is 13.0. The number of benzene rings is 3. The number of fused-ring (bicyclic) bond motifs is 1. The lowest BCUT2D eigenvalue weighted by atomic mass is 9.88. The fraction of sp³-hybridized carbons (Fsp3) is 0.267. The van der Waals surface area contributed by atoms with Crippen LogP contribution in [-0.4, -0.2) is 5.91 Å². The van der Waals surface area contributed by atoms with Crippen molar-refractivity contribution in [2.24, 2.45) is 0 Å². The number of aryl methyl sites for hydroxylation is 2. The van der Waals surface area contributed by atoms with Gasteiger partial charge in [0.25, 0.3) is 5.91 Å². The average molecular weight is 450 g/mol. The predicted octanol–water partition coefficient (Wildman–Crippen LogP) is 5.92. The van der Waals surface area contributed by atoms with Gasteiger partial charge in [-0.3, -0.25) is 4.79 Å². The van der Waals surface area contributed by atoms with Gasteiger partial charge >= 0.3 is 0 Å². The Morgan fingerprint density at radius 3 is 2.12 bits per heavy atom. The highest BCUT2D eigenvalue weighted by molar-refractivity contribution is 5.97. The van der Waals surface area contributed by atoms with Crippen LogP contribution in [0.15, 0.2) is 90.6 Å². The summed E-state index contributed by atoms with van der Waals surface area (Å²) in [5, 5.41) is 16.1. The summed E-state index contributed by atoms with van der Waals surface area (Å²) in [6.45, 7) is 2.05. The van der Waals surface area contributed by atoms with Crippen molar-refractivity contribution in [3.63, 3.8) is 0 Å². The molecular weight excluding hydrogens is 418 g/mol. The Morgan fingerprint density at radius 2 is 1.53 bits per heavy atom. The van der Waals surface area contributed by atoms with Gasteiger partial charge < -0.3 is 10.6 Å². The van der Waals surface area contributed by atoms with Crippen LogP contribution in [0.3, 0.4) is 0 Å². The first-order valence-electron chi connectivity index (χ1n) is 12.1. The van der Waals surface area contributed by atoms with E-state index in [1.165, 1.54) is 24.0 Å². The number of nitrogens with zero attached hydrogens (tertiary/aromatic N) is 1. The molecule has 0 bridgehead atoms. The highest BCUT2D eigenvalue weighted by atomic mass is 16.1. The van der Waals surface area contributed by atoms with Crippen LogP contribution >= 0.6 is 0 Å². The Bertz CT molecular complexity index is 1140. The Hall–Kier alpha value is -3.84. The summed E-state index contributed by atoms with van der Waals surface area (Å²) in [5.41, 5.74) is 6.10. The third kappa shape index (κ3) is 5.55. The van der Waals surface area contributed by atoms with E-state index in [9.17, 15) is 10.1 Å². The molecule has 4 nitrogen and oxygen atoms in total. The second-order valence-electron chi connectivity index (χ2n) is 8.76. The van der Waals surface area contributed by atoms with Crippen LogP contribution in [0.1, 0.15) is 66.1 Å². The van der Waals surface area contributed by atoms with Crippen molar-refractivity contribution in [2.45, 2.75) is 51.1 Å². The van der Waals surface area contributed by atoms with Crippen LogP contribution in [0.5, 0.6) is 0 Å². The van der Waals surface area contributed by atoms with Crippen LogP contribution in [0.25, 0.3) is 0 Å². The first kappa shape index (κ1) is 23.3. The maximum Gasteiger partial charge on any atom is 0.263 e. The minimum absolute atomic E-state index is 0.0632. The van der Waals surface area contributed by atoms with Crippen molar-refractivity contribution in [3.8, 4) is 6.07 Å². The monoisotopic (exact) mass is 449 g/mol. The molecule has 0 saturated heterocycles. The van der Waals surface area contributed by atoms with E-state index in [-0.39, 0.29) is 23.6 Å². The topological polar surface area (TPSA) is 64.9 Å². The zero-order chi connectivity index (χ0) is 23.8. The van der Waals surface area contributed by atoms with E-state index < -0.39 is 0 Å². The van der Waals surface area contributed by atoms with Gasteiger partial charge in [0, 0.05) is 6.20 Å². The van der Waals surface area contributed by atoms with E-state index in [1.54, 1.807) is 6.20 Å². The number of carbonyl (C=O) groups excluding carboxylic acids is 1. The first-order valence-corrected chi connectivity index (χ1v) is 12.1. The van der Waals surface area contributed by atoms with E-state index >= 15 is 0 Å². The van der Waals surface area contributed by atoms with Crippen LogP contribution in [0, 0.1) is 11.3 Å². The molecule has 2 N–H and O–H groups in total. The van der Waals surface area contributed by atoms with Gasteiger partial charge in [-0.2, -0.15) is 5.26 Å². The third-order valence-corrected chi connectivity index (χ3v) is 6.51. The highest BCUT2D eigenvalue weighted by Crippen LogP contribution is 2.26. The number of hydrogen-bond donors (Lipinski definition) is 2. The number of nitriles is 1. The minimum Gasteiger partial charge on any atom is -0.379 e. The van der Waals surface area contributed by atoms with Crippen LogP contribution < -0.4 is 10.6 Å². The second-order valence-corrected chi connectivity index (χ2v) is 8.76. The van der Waals surface area contributed by atoms with Crippen molar-refractivity contribution >= 4 is 5.91 Å². The molecule has 1 aliphatic carbocycles.